The first-order chi connectivity index (χ1) is 4.18. The normalized spacial score (nSPS) is 17.7. The molecule has 9 heavy (non-hydrogen) atoms. The van der Waals surface area contributed by atoms with E-state index in [2.05, 4.69) is 12.2 Å². The van der Waals surface area contributed by atoms with E-state index in [-0.39, 0.29) is 5.35 Å². The lowest BCUT2D eigenvalue weighted by atomic mass is 10.4. The molecule has 1 N–H and O–H groups in total. The molecule has 0 rings (SSSR count). The number of ether oxygens (including phenoxy) is 1. The van der Waals surface area contributed by atoms with Crippen molar-refractivity contribution in [3.63, 3.8) is 0 Å². The van der Waals surface area contributed by atoms with Gasteiger partial charge in [0.15, 0.2) is 0 Å². The van der Waals surface area contributed by atoms with Crippen LogP contribution in [-0.2, 0) is 4.74 Å². The summed E-state index contributed by atoms with van der Waals surface area (Å²) in [5.74, 6) is 0. The standard InChI is InChI=1S/C6H17NOSi/c1-4-6(9,7-3)8-5-2/h7H,4-5H2,1-3,9H3. The first-order valence-electron chi connectivity index (χ1n) is 3.51. The molecule has 0 aliphatic rings. The third kappa shape index (κ3) is 2.98. The van der Waals surface area contributed by atoms with Crippen molar-refractivity contribution in [2.75, 3.05) is 13.7 Å². The van der Waals surface area contributed by atoms with Crippen molar-refractivity contribution in [3.8, 4) is 0 Å². The third-order valence-electron chi connectivity index (χ3n) is 1.67. The van der Waals surface area contributed by atoms with Gasteiger partial charge in [-0.15, -0.1) is 0 Å². The summed E-state index contributed by atoms with van der Waals surface area (Å²) in [6.07, 6.45) is 1.06. The van der Waals surface area contributed by atoms with Crippen molar-refractivity contribution < 1.29 is 4.74 Å². The van der Waals surface area contributed by atoms with E-state index in [1.54, 1.807) is 0 Å². The first kappa shape index (κ1) is 9.14. The fourth-order valence-corrected chi connectivity index (χ4v) is 0.958. The molecule has 0 heterocycles. The number of nitrogens with one attached hydrogen (secondary N) is 1. The van der Waals surface area contributed by atoms with Crippen LogP contribution in [0.3, 0.4) is 0 Å². The summed E-state index contributed by atoms with van der Waals surface area (Å²) in [4.78, 5) is 0. The quantitative estimate of drug-likeness (QED) is 0.434. The Hall–Kier alpha value is 0.137. The van der Waals surface area contributed by atoms with E-state index in [9.17, 15) is 0 Å². The van der Waals surface area contributed by atoms with Gasteiger partial charge >= 0.3 is 0 Å². The second-order valence-corrected chi connectivity index (χ2v) is 3.88. The molecule has 0 spiro atoms. The smallest absolute Gasteiger partial charge is 0.0941 e. The van der Waals surface area contributed by atoms with Crippen LogP contribution in [0.4, 0.5) is 0 Å². The SMILES string of the molecule is CCOC([SiH3])(CC)NC. The number of rotatable bonds is 4. The average Bonchev–Trinajstić information content (AvgIpc) is 1.89. The zero-order valence-corrected chi connectivity index (χ0v) is 8.82. The molecule has 0 aromatic rings. The predicted octanol–water partition coefficient (Wildman–Crippen LogP) is -0.329. The van der Waals surface area contributed by atoms with Gasteiger partial charge in [-0.05, 0) is 20.4 Å². The zero-order valence-electron chi connectivity index (χ0n) is 6.82. The summed E-state index contributed by atoms with van der Waals surface area (Å²) in [7, 11) is 3.00. The van der Waals surface area contributed by atoms with Crippen LogP contribution in [0.15, 0.2) is 0 Å². The first-order valence-corrected chi connectivity index (χ1v) is 4.51. The molecule has 0 amide bonds. The van der Waals surface area contributed by atoms with Crippen molar-refractivity contribution in [1.29, 1.82) is 0 Å². The molecule has 0 bridgehead atoms. The van der Waals surface area contributed by atoms with Crippen LogP contribution in [0, 0.1) is 0 Å². The van der Waals surface area contributed by atoms with Gasteiger partial charge in [0.25, 0.3) is 0 Å². The van der Waals surface area contributed by atoms with Gasteiger partial charge in [-0.3, -0.25) is 5.32 Å². The average molecular weight is 147 g/mol. The van der Waals surface area contributed by atoms with Crippen LogP contribution in [0.1, 0.15) is 20.3 Å². The van der Waals surface area contributed by atoms with Crippen molar-refractivity contribution >= 4 is 10.2 Å². The van der Waals surface area contributed by atoms with Crippen LogP contribution in [0.25, 0.3) is 0 Å². The minimum absolute atomic E-state index is 0.0226. The highest BCUT2D eigenvalue weighted by molar-refractivity contribution is 6.14. The largest absolute Gasteiger partial charge is 0.365 e. The van der Waals surface area contributed by atoms with E-state index >= 15 is 0 Å². The fourth-order valence-electron chi connectivity index (χ4n) is 0.670. The molecule has 0 saturated heterocycles. The van der Waals surface area contributed by atoms with Crippen LogP contribution in [-0.4, -0.2) is 29.2 Å². The van der Waals surface area contributed by atoms with Gasteiger partial charge in [0.1, 0.15) is 0 Å². The second-order valence-electron chi connectivity index (χ2n) is 2.27. The number of hydrogen-bond donors (Lipinski definition) is 1. The molecule has 3 heteroatoms. The van der Waals surface area contributed by atoms with Crippen molar-refractivity contribution in [1.82, 2.24) is 5.32 Å². The van der Waals surface area contributed by atoms with Gasteiger partial charge < -0.3 is 4.74 Å². The number of hydrogen-bond acceptors (Lipinski definition) is 2. The van der Waals surface area contributed by atoms with Gasteiger partial charge in [0.2, 0.25) is 0 Å². The molecular weight excluding hydrogens is 130 g/mol. The monoisotopic (exact) mass is 147 g/mol. The fraction of sp³-hybridized carbons (Fsp3) is 1.00. The molecule has 0 aliphatic carbocycles. The minimum atomic E-state index is 0.0226. The molecule has 0 aliphatic heterocycles. The van der Waals surface area contributed by atoms with E-state index < -0.39 is 0 Å². The third-order valence-corrected chi connectivity index (χ3v) is 3.16. The van der Waals surface area contributed by atoms with Crippen molar-refractivity contribution in [3.05, 3.63) is 0 Å². The maximum absolute atomic E-state index is 5.48. The van der Waals surface area contributed by atoms with E-state index in [1.807, 2.05) is 14.0 Å². The lowest BCUT2D eigenvalue weighted by Crippen LogP contribution is -2.45. The van der Waals surface area contributed by atoms with Gasteiger partial charge in [-0.1, -0.05) is 6.92 Å². The van der Waals surface area contributed by atoms with Crippen molar-refractivity contribution in [2.24, 2.45) is 0 Å². The van der Waals surface area contributed by atoms with E-state index in [0.717, 1.165) is 23.3 Å². The molecule has 0 fully saturated rings. The highest BCUT2D eigenvalue weighted by Gasteiger charge is 2.17. The maximum atomic E-state index is 5.48. The van der Waals surface area contributed by atoms with Gasteiger partial charge in [0.05, 0.1) is 15.6 Å². The molecule has 0 aromatic heterocycles. The lowest BCUT2D eigenvalue weighted by Gasteiger charge is -2.27. The Morgan fingerprint density at radius 2 is 2.11 bits per heavy atom. The lowest BCUT2D eigenvalue weighted by molar-refractivity contribution is 0.00427. The van der Waals surface area contributed by atoms with Gasteiger partial charge in [-0.2, -0.15) is 0 Å². The van der Waals surface area contributed by atoms with Crippen LogP contribution in [0.2, 0.25) is 0 Å². The maximum Gasteiger partial charge on any atom is 0.0941 e. The molecule has 0 radical (unpaired) electrons. The highest BCUT2D eigenvalue weighted by Crippen LogP contribution is 2.04. The molecule has 0 saturated carbocycles. The van der Waals surface area contributed by atoms with Crippen LogP contribution < -0.4 is 5.32 Å². The van der Waals surface area contributed by atoms with Crippen LogP contribution >= 0.6 is 0 Å². The summed E-state index contributed by atoms with van der Waals surface area (Å²) in [5.41, 5.74) is 0. The summed E-state index contributed by atoms with van der Waals surface area (Å²) in [5, 5.41) is 3.19. The molecule has 0 aromatic carbocycles. The Labute approximate surface area is 60.4 Å². The van der Waals surface area contributed by atoms with E-state index in [4.69, 9.17) is 4.74 Å². The van der Waals surface area contributed by atoms with Crippen LogP contribution in [0.5, 0.6) is 0 Å². The van der Waals surface area contributed by atoms with E-state index in [0.29, 0.717) is 0 Å². The van der Waals surface area contributed by atoms with Gasteiger partial charge in [0, 0.05) is 6.61 Å². The van der Waals surface area contributed by atoms with Gasteiger partial charge in [-0.25, -0.2) is 0 Å². The Kier molecular flexibility index (Phi) is 4.09. The molecular formula is C6H17NOSi. The Morgan fingerprint density at radius 1 is 1.56 bits per heavy atom. The molecule has 1 unspecified atom stereocenters. The highest BCUT2D eigenvalue weighted by atomic mass is 28.1. The molecule has 1 atom stereocenters. The van der Waals surface area contributed by atoms with E-state index in [1.165, 1.54) is 0 Å². The minimum Gasteiger partial charge on any atom is -0.365 e. The Bertz CT molecular complexity index is 73.5. The zero-order chi connectivity index (χ0) is 7.33. The molecule has 56 valence electrons. The second kappa shape index (κ2) is 4.03. The Balaban J connectivity index is 3.62. The summed E-state index contributed by atoms with van der Waals surface area (Å²) < 4.78 is 5.48. The topological polar surface area (TPSA) is 21.3 Å². The predicted molar refractivity (Wildman–Crippen MR) is 43.6 cm³/mol. The summed E-state index contributed by atoms with van der Waals surface area (Å²) in [6, 6.07) is 0. The Morgan fingerprint density at radius 3 is 2.22 bits per heavy atom. The molecule has 2 nitrogen and oxygen atoms in total. The summed E-state index contributed by atoms with van der Waals surface area (Å²) in [6.45, 7) is 4.97. The summed E-state index contributed by atoms with van der Waals surface area (Å²) >= 11 is 0. The van der Waals surface area contributed by atoms with Crippen molar-refractivity contribution in [2.45, 2.75) is 25.6 Å².